The number of hydrogen-bond acceptors (Lipinski definition) is 4. The van der Waals surface area contributed by atoms with E-state index in [-0.39, 0.29) is 0 Å². The topological polar surface area (TPSA) is 51.8 Å². The maximum absolute atomic E-state index is 6.72. The number of hydrogen-bond donors (Lipinski definition) is 0. The van der Waals surface area contributed by atoms with E-state index in [1.165, 1.54) is 20.7 Å². The molecular weight excluding hydrogens is 723 g/mol. The van der Waals surface area contributed by atoms with Crippen LogP contribution in [0.2, 0.25) is 0 Å². The SMILES string of the molecule is c1ccc(-c2cc(-c3ccccn3)nc3c2ccc2c([Si](c4ccccc4)(c4ccccc4)c4ccccc4)cc(-c4cccc5c4oc4ccccc45)nc23)cc1. The summed E-state index contributed by atoms with van der Waals surface area (Å²) in [4.78, 5) is 16.0. The van der Waals surface area contributed by atoms with Gasteiger partial charge in [0.05, 0.1) is 28.1 Å². The standard InChI is InChI=1S/C53H35N3OSi/c1-5-18-36(19-6-1)45-34-48(46-29-15-16-33-54-46)56-51-41(45)31-32-44-50(35-47(55-52(44)51)43-28-17-27-42-40-26-13-14-30-49(40)57-53(42)43)58(37-20-7-2-8-21-37,38-22-9-3-10-23-38)39-24-11-4-12-25-39/h1-35H. The van der Waals surface area contributed by atoms with Gasteiger partial charge in [-0.15, -0.1) is 0 Å². The van der Waals surface area contributed by atoms with E-state index in [0.717, 1.165) is 77.5 Å². The minimum Gasteiger partial charge on any atom is -0.455 e. The molecule has 5 heteroatoms. The van der Waals surface area contributed by atoms with Gasteiger partial charge >= 0.3 is 0 Å². The Hall–Kier alpha value is -7.47. The van der Waals surface area contributed by atoms with Crippen LogP contribution in [0.5, 0.6) is 0 Å². The van der Waals surface area contributed by atoms with Gasteiger partial charge in [0.15, 0.2) is 8.07 Å². The van der Waals surface area contributed by atoms with E-state index < -0.39 is 8.07 Å². The molecule has 0 saturated carbocycles. The Morgan fingerprint density at radius 3 is 1.62 bits per heavy atom. The number of furan rings is 1. The summed E-state index contributed by atoms with van der Waals surface area (Å²) in [6.07, 6.45) is 1.83. The van der Waals surface area contributed by atoms with Gasteiger partial charge in [-0.05, 0) is 68.3 Å². The molecule has 0 aliphatic heterocycles. The molecule has 0 amide bonds. The molecule has 0 saturated heterocycles. The van der Waals surface area contributed by atoms with Crippen molar-refractivity contribution in [1.82, 2.24) is 15.0 Å². The fraction of sp³-hybridized carbons (Fsp3) is 0. The van der Waals surface area contributed by atoms with E-state index in [0.29, 0.717) is 0 Å². The highest BCUT2D eigenvalue weighted by molar-refractivity contribution is 7.20. The second kappa shape index (κ2) is 13.9. The molecule has 0 radical (unpaired) electrons. The molecule has 0 aliphatic rings. The maximum Gasteiger partial charge on any atom is 0.180 e. The lowest BCUT2D eigenvalue weighted by atomic mass is 9.97. The van der Waals surface area contributed by atoms with Crippen molar-refractivity contribution in [2.24, 2.45) is 0 Å². The first kappa shape index (κ1) is 33.8. The highest BCUT2D eigenvalue weighted by Gasteiger charge is 2.43. The number of benzene rings is 7. The third-order valence-corrected chi connectivity index (χ3v) is 16.3. The van der Waals surface area contributed by atoms with Gasteiger partial charge in [0.1, 0.15) is 11.2 Å². The lowest BCUT2D eigenvalue weighted by molar-refractivity contribution is 0.670. The van der Waals surface area contributed by atoms with Crippen molar-refractivity contribution in [2.45, 2.75) is 0 Å². The monoisotopic (exact) mass is 757 g/mol. The van der Waals surface area contributed by atoms with Crippen LogP contribution in [0, 0.1) is 0 Å². The van der Waals surface area contributed by atoms with Gasteiger partial charge in [0, 0.05) is 33.3 Å². The molecule has 58 heavy (non-hydrogen) atoms. The van der Waals surface area contributed by atoms with Gasteiger partial charge in [-0.3, -0.25) is 4.98 Å². The number of pyridine rings is 3. The minimum atomic E-state index is -3.08. The molecule has 4 aromatic heterocycles. The first-order valence-electron chi connectivity index (χ1n) is 19.6. The van der Waals surface area contributed by atoms with Crippen LogP contribution in [0.1, 0.15) is 0 Å². The highest BCUT2D eigenvalue weighted by Crippen LogP contribution is 2.38. The summed E-state index contributed by atoms with van der Waals surface area (Å²) in [7, 11) is -3.08. The maximum atomic E-state index is 6.72. The summed E-state index contributed by atoms with van der Waals surface area (Å²) in [5, 5.41) is 9.34. The van der Waals surface area contributed by atoms with E-state index in [1.54, 1.807) is 0 Å². The highest BCUT2D eigenvalue weighted by atomic mass is 28.3. The summed E-state index contributed by atoms with van der Waals surface area (Å²) in [6.45, 7) is 0. The quantitative estimate of drug-likeness (QED) is 0.0923. The van der Waals surface area contributed by atoms with Gasteiger partial charge in [0.25, 0.3) is 0 Å². The molecule has 0 atom stereocenters. The van der Waals surface area contributed by atoms with Crippen LogP contribution in [0.25, 0.3) is 77.5 Å². The van der Waals surface area contributed by atoms with Crippen LogP contribution < -0.4 is 20.7 Å². The first-order valence-corrected chi connectivity index (χ1v) is 21.6. The molecule has 0 N–H and O–H groups in total. The number of para-hydroxylation sites is 2. The van der Waals surface area contributed by atoms with Crippen LogP contribution >= 0.6 is 0 Å². The fourth-order valence-corrected chi connectivity index (χ4v) is 13.9. The molecule has 0 unspecified atom stereocenters. The molecule has 11 rings (SSSR count). The Bertz CT molecular complexity index is 3170. The van der Waals surface area contributed by atoms with Crippen LogP contribution in [-0.2, 0) is 0 Å². The van der Waals surface area contributed by atoms with E-state index in [9.17, 15) is 0 Å². The van der Waals surface area contributed by atoms with Crippen molar-refractivity contribution in [3.63, 3.8) is 0 Å². The Morgan fingerprint density at radius 2 is 0.948 bits per heavy atom. The number of fused-ring (bicyclic) bond motifs is 6. The van der Waals surface area contributed by atoms with Crippen molar-refractivity contribution < 1.29 is 4.42 Å². The molecule has 4 nitrogen and oxygen atoms in total. The molecule has 11 aromatic rings. The predicted octanol–water partition coefficient (Wildman–Crippen LogP) is 10.5. The molecule has 0 spiro atoms. The van der Waals surface area contributed by atoms with Crippen molar-refractivity contribution >= 4 is 72.6 Å². The lowest BCUT2D eigenvalue weighted by Gasteiger charge is -2.35. The molecule has 0 aliphatic carbocycles. The van der Waals surface area contributed by atoms with Gasteiger partial charge in [0.2, 0.25) is 0 Å². The summed E-state index contributed by atoms with van der Waals surface area (Å²) < 4.78 is 6.72. The van der Waals surface area contributed by atoms with Crippen LogP contribution in [0.3, 0.4) is 0 Å². The predicted molar refractivity (Wildman–Crippen MR) is 242 cm³/mol. The molecule has 4 heterocycles. The first-order chi connectivity index (χ1) is 28.8. The Balaban J connectivity index is 1.35. The third-order valence-electron chi connectivity index (χ3n) is 11.5. The van der Waals surface area contributed by atoms with Crippen molar-refractivity contribution in [1.29, 1.82) is 0 Å². The Labute approximate surface area is 336 Å². The number of aromatic nitrogens is 3. The summed E-state index contributed by atoms with van der Waals surface area (Å²) in [6, 6.07) is 73.5. The zero-order valence-corrected chi connectivity index (χ0v) is 32.5. The minimum absolute atomic E-state index is 0.797. The average molecular weight is 758 g/mol. The Kier molecular flexibility index (Phi) is 8.12. The van der Waals surface area contributed by atoms with Gasteiger partial charge < -0.3 is 4.42 Å². The fourth-order valence-electron chi connectivity index (χ4n) is 8.91. The van der Waals surface area contributed by atoms with E-state index in [1.807, 2.05) is 36.5 Å². The largest absolute Gasteiger partial charge is 0.455 e. The number of rotatable bonds is 7. The average Bonchev–Trinajstić information content (AvgIpc) is 3.69. The molecule has 272 valence electrons. The van der Waals surface area contributed by atoms with Gasteiger partial charge in [-0.1, -0.05) is 170 Å². The normalized spacial score (nSPS) is 11.8. The molecule has 0 bridgehead atoms. The van der Waals surface area contributed by atoms with Gasteiger partial charge in [-0.25, -0.2) is 9.97 Å². The second-order valence-electron chi connectivity index (χ2n) is 14.7. The zero-order chi connectivity index (χ0) is 38.5. The third kappa shape index (κ3) is 5.40. The van der Waals surface area contributed by atoms with Crippen LogP contribution in [0.15, 0.2) is 217 Å². The van der Waals surface area contributed by atoms with Gasteiger partial charge in [-0.2, -0.15) is 0 Å². The van der Waals surface area contributed by atoms with Crippen molar-refractivity contribution in [2.75, 3.05) is 0 Å². The zero-order valence-electron chi connectivity index (χ0n) is 31.5. The van der Waals surface area contributed by atoms with E-state index in [4.69, 9.17) is 19.4 Å². The number of nitrogens with zero attached hydrogens (tertiary/aromatic N) is 3. The van der Waals surface area contributed by atoms with Crippen LogP contribution in [0.4, 0.5) is 0 Å². The smallest absolute Gasteiger partial charge is 0.180 e. The van der Waals surface area contributed by atoms with E-state index >= 15 is 0 Å². The van der Waals surface area contributed by atoms with Crippen molar-refractivity contribution in [3.05, 3.63) is 212 Å². The molecular formula is C53H35N3OSi. The van der Waals surface area contributed by atoms with Crippen molar-refractivity contribution in [3.8, 4) is 33.8 Å². The summed E-state index contributed by atoms with van der Waals surface area (Å²) >= 11 is 0. The summed E-state index contributed by atoms with van der Waals surface area (Å²) in [5.41, 5.74) is 8.92. The molecule has 0 fully saturated rings. The lowest BCUT2D eigenvalue weighted by Crippen LogP contribution is -2.75. The second-order valence-corrected chi connectivity index (χ2v) is 18.4. The van der Waals surface area contributed by atoms with Crippen LogP contribution in [-0.4, -0.2) is 23.0 Å². The molecule has 7 aromatic carbocycles. The Morgan fingerprint density at radius 1 is 0.379 bits per heavy atom. The summed E-state index contributed by atoms with van der Waals surface area (Å²) in [5.74, 6) is 0. The van der Waals surface area contributed by atoms with E-state index in [2.05, 4.69) is 176 Å².